The topological polar surface area (TPSA) is 44.5 Å². The first kappa shape index (κ1) is 13.4. The monoisotopic (exact) mass is 271 g/mol. The molecular formula is C16H10NNaO2. The Morgan fingerprint density at radius 2 is 1.60 bits per heavy atom. The van der Waals surface area contributed by atoms with Crippen LogP contribution in [-0.2, 0) is 0 Å². The molecule has 0 aliphatic heterocycles. The van der Waals surface area contributed by atoms with Crippen LogP contribution >= 0.6 is 0 Å². The Bertz CT molecular complexity index is 1000. The van der Waals surface area contributed by atoms with Gasteiger partial charge in [0.2, 0.25) is 0 Å². The maximum atomic E-state index is 12.4. The largest absolute Gasteiger partial charge is 1.00 e. The summed E-state index contributed by atoms with van der Waals surface area (Å²) >= 11 is 0. The van der Waals surface area contributed by atoms with Crippen molar-refractivity contribution in [3.8, 4) is 5.75 Å². The summed E-state index contributed by atoms with van der Waals surface area (Å²) in [7, 11) is 0. The standard InChI is InChI=1S/C16H11NO2.Na/c1-9-15(18)12-7-4-6-11-10-5-2-3-8-13(10)17(14(11)12)16(9)19;/h2-8,18H,1H3;/q;+1/p-1. The number of rotatable bonds is 0. The summed E-state index contributed by atoms with van der Waals surface area (Å²) in [5, 5.41) is 14.8. The van der Waals surface area contributed by atoms with Crippen LogP contribution in [-0.4, -0.2) is 4.40 Å². The van der Waals surface area contributed by atoms with Gasteiger partial charge in [0.25, 0.3) is 5.56 Å². The summed E-state index contributed by atoms with van der Waals surface area (Å²) in [5.41, 5.74) is 1.67. The van der Waals surface area contributed by atoms with Gasteiger partial charge in [-0.1, -0.05) is 42.1 Å². The van der Waals surface area contributed by atoms with Gasteiger partial charge in [-0.05, 0) is 18.4 Å². The summed E-state index contributed by atoms with van der Waals surface area (Å²) in [5.74, 6) is -0.161. The Kier molecular flexibility index (Phi) is 3.01. The molecule has 0 atom stereocenters. The molecule has 3 nitrogen and oxygen atoms in total. The molecule has 0 amide bonds. The predicted octanol–water partition coefficient (Wildman–Crippen LogP) is -0.570. The predicted molar refractivity (Wildman–Crippen MR) is 74.0 cm³/mol. The third kappa shape index (κ3) is 1.48. The SMILES string of the molecule is Cc1c([O-])c2cccc3c4ccccc4n(c1=O)c23.[Na+]. The Balaban J connectivity index is 0.00000121. The summed E-state index contributed by atoms with van der Waals surface area (Å²) in [6.45, 7) is 1.60. The quantitative estimate of drug-likeness (QED) is 0.402. The van der Waals surface area contributed by atoms with Crippen LogP contribution in [0.4, 0.5) is 0 Å². The molecule has 0 unspecified atom stereocenters. The van der Waals surface area contributed by atoms with Crippen LogP contribution in [0, 0.1) is 6.92 Å². The fourth-order valence-corrected chi connectivity index (χ4v) is 2.88. The van der Waals surface area contributed by atoms with Gasteiger partial charge in [0.05, 0.1) is 11.0 Å². The Hall–Kier alpha value is -1.55. The van der Waals surface area contributed by atoms with Gasteiger partial charge < -0.3 is 5.11 Å². The van der Waals surface area contributed by atoms with E-state index in [1.807, 2.05) is 36.4 Å². The molecule has 0 saturated heterocycles. The third-order valence-electron chi connectivity index (χ3n) is 3.80. The first-order valence-electron chi connectivity index (χ1n) is 6.15. The van der Waals surface area contributed by atoms with E-state index in [0.29, 0.717) is 5.39 Å². The minimum absolute atomic E-state index is 0. The van der Waals surface area contributed by atoms with Gasteiger partial charge in [-0.3, -0.25) is 9.20 Å². The maximum Gasteiger partial charge on any atom is 1.00 e. The molecule has 2 heterocycles. The molecule has 20 heavy (non-hydrogen) atoms. The second-order valence-corrected chi connectivity index (χ2v) is 4.81. The number of fused-ring (bicyclic) bond motifs is 3. The van der Waals surface area contributed by atoms with Gasteiger partial charge in [-0.15, -0.1) is 0 Å². The minimum Gasteiger partial charge on any atom is -0.872 e. The summed E-state index contributed by atoms with van der Waals surface area (Å²) in [4.78, 5) is 12.4. The number of pyridine rings is 1. The molecule has 4 rings (SSSR count). The van der Waals surface area contributed by atoms with Crippen molar-refractivity contribution in [3.05, 3.63) is 58.4 Å². The number of benzene rings is 2. The van der Waals surface area contributed by atoms with Crippen LogP contribution in [0.5, 0.6) is 5.75 Å². The molecule has 0 N–H and O–H groups in total. The molecule has 0 fully saturated rings. The van der Waals surface area contributed by atoms with Crippen LogP contribution in [0.1, 0.15) is 5.56 Å². The maximum absolute atomic E-state index is 12.4. The zero-order valence-corrected chi connectivity index (χ0v) is 13.3. The van der Waals surface area contributed by atoms with Crippen molar-refractivity contribution in [2.75, 3.05) is 0 Å². The van der Waals surface area contributed by atoms with E-state index < -0.39 is 0 Å². The average molecular weight is 271 g/mol. The molecule has 2 aromatic heterocycles. The van der Waals surface area contributed by atoms with E-state index in [4.69, 9.17) is 0 Å². The smallest absolute Gasteiger partial charge is 0.872 e. The van der Waals surface area contributed by atoms with E-state index in [-0.39, 0.29) is 46.4 Å². The number of hydrogen-bond acceptors (Lipinski definition) is 2. The zero-order valence-electron chi connectivity index (χ0n) is 11.3. The van der Waals surface area contributed by atoms with Crippen molar-refractivity contribution in [2.45, 2.75) is 6.92 Å². The molecule has 0 bridgehead atoms. The summed E-state index contributed by atoms with van der Waals surface area (Å²) < 4.78 is 1.66. The molecule has 0 saturated carbocycles. The van der Waals surface area contributed by atoms with Crippen LogP contribution in [0.15, 0.2) is 47.3 Å². The second-order valence-electron chi connectivity index (χ2n) is 4.81. The molecule has 4 heteroatoms. The molecule has 4 aromatic rings. The molecule has 92 valence electrons. The van der Waals surface area contributed by atoms with Crippen molar-refractivity contribution in [1.82, 2.24) is 4.40 Å². The van der Waals surface area contributed by atoms with Crippen molar-refractivity contribution in [3.63, 3.8) is 0 Å². The van der Waals surface area contributed by atoms with Gasteiger partial charge in [-0.2, -0.15) is 0 Å². The summed E-state index contributed by atoms with van der Waals surface area (Å²) in [6, 6.07) is 13.4. The first-order chi connectivity index (χ1) is 9.20. The van der Waals surface area contributed by atoms with Gasteiger partial charge in [0.1, 0.15) is 0 Å². The van der Waals surface area contributed by atoms with E-state index >= 15 is 0 Å². The summed E-state index contributed by atoms with van der Waals surface area (Å²) in [6.07, 6.45) is 0. The van der Waals surface area contributed by atoms with E-state index in [1.54, 1.807) is 17.4 Å². The van der Waals surface area contributed by atoms with Crippen LogP contribution in [0.25, 0.3) is 27.2 Å². The Morgan fingerprint density at radius 3 is 2.40 bits per heavy atom. The number of para-hydroxylation sites is 2. The van der Waals surface area contributed by atoms with Gasteiger partial charge in [0, 0.05) is 16.3 Å². The Morgan fingerprint density at radius 1 is 0.950 bits per heavy atom. The average Bonchev–Trinajstić information content (AvgIpc) is 2.78. The number of aromatic nitrogens is 1. The number of nitrogens with zero attached hydrogens (tertiary/aromatic N) is 1. The minimum atomic E-state index is -0.213. The van der Waals surface area contributed by atoms with E-state index in [0.717, 1.165) is 21.8 Å². The van der Waals surface area contributed by atoms with Gasteiger partial charge >= 0.3 is 29.6 Å². The number of hydrogen-bond donors (Lipinski definition) is 0. The molecule has 0 spiro atoms. The molecule has 0 aliphatic rings. The third-order valence-corrected chi connectivity index (χ3v) is 3.80. The van der Waals surface area contributed by atoms with Crippen molar-refractivity contribution in [1.29, 1.82) is 0 Å². The van der Waals surface area contributed by atoms with Gasteiger partial charge in [0.15, 0.2) is 0 Å². The van der Waals surface area contributed by atoms with E-state index in [2.05, 4.69) is 0 Å². The van der Waals surface area contributed by atoms with E-state index in [9.17, 15) is 9.90 Å². The van der Waals surface area contributed by atoms with Crippen molar-refractivity contribution < 1.29 is 34.7 Å². The molecule has 0 aliphatic carbocycles. The fourth-order valence-electron chi connectivity index (χ4n) is 2.88. The van der Waals surface area contributed by atoms with Gasteiger partial charge in [-0.25, -0.2) is 0 Å². The van der Waals surface area contributed by atoms with E-state index in [1.165, 1.54) is 0 Å². The molecule has 2 aromatic carbocycles. The van der Waals surface area contributed by atoms with Crippen molar-refractivity contribution >= 4 is 27.2 Å². The van der Waals surface area contributed by atoms with Crippen LogP contribution in [0.2, 0.25) is 0 Å². The normalized spacial score (nSPS) is 11.2. The molecular weight excluding hydrogens is 261 g/mol. The second kappa shape index (κ2) is 4.48. The fraction of sp³-hybridized carbons (Fsp3) is 0.0625. The van der Waals surface area contributed by atoms with Crippen molar-refractivity contribution in [2.24, 2.45) is 0 Å². The van der Waals surface area contributed by atoms with Crippen LogP contribution in [0.3, 0.4) is 0 Å². The Labute approximate surface area is 137 Å². The molecule has 0 radical (unpaired) electrons. The van der Waals surface area contributed by atoms with Crippen LogP contribution < -0.4 is 40.2 Å². The first-order valence-corrected chi connectivity index (χ1v) is 6.15. The zero-order chi connectivity index (χ0) is 13.1.